The molecule has 8 heteroatoms. The summed E-state index contributed by atoms with van der Waals surface area (Å²) in [6.07, 6.45) is 1.70. The van der Waals surface area contributed by atoms with Crippen molar-refractivity contribution in [1.82, 2.24) is 4.57 Å². The van der Waals surface area contributed by atoms with Crippen LogP contribution < -0.4 is 14.9 Å². The number of carbonyl (C=O) groups is 1. The van der Waals surface area contributed by atoms with E-state index in [1.807, 2.05) is 54.6 Å². The van der Waals surface area contributed by atoms with Crippen molar-refractivity contribution in [2.45, 2.75) is 19.9 Å². The monoisotopic (exact) mass is 504 g/mol. The van der Waals surface area contributed by atoms with Crippen molar-refractivity contribution in [2.75, 3.05) is 6.61 Å². The molecule has 1 aliphatic heterocycles. The maximum Gasteiger partial charge on any atom is 0.338 e. The summed E-state index contributed by atoms with van der Waals surface area (Å²) in [7, 11) is 0. The summed E-state index contributed by atoms with van der Waals surface area (Å²) in [6, 6.07) is 19.8. The third-order valence-corrected chi connectivity index (χ3v) is 6.86. The van der Waals surface area contributed by atoms with Gasteiger partial charge in [0.2, 0.25) is 0 Å². The summed E-state index contributed by atoms with van der Waals surface area (Å²) >= 11 is 7.36. The van der Waals surface area contributed by atoms with Crippen molar-refractivity contribution in [1.29, 1.82) is 0 Å². The van der Waals surface area contributed by atoms with E-state index in [2.05, 4.69) is 4.99 Å². The number of ether oxygens (including phenoxy) is 1. The minimum Gasteiger partial charge on any atom is -0.463 e. The van der Waals surface area contributed by atoms with Crippen LogP contribution in [0.3, 0.4) is 0 Å². The zero-order chi connectivity index (χ0) is 24.5. The van der Waals surface area contributed by atoms with E-state index in [-0.39, 0.29) is 12.2 Å². The van der Waals surface area contributed by atoms with Crippen molar-refractivity contribution >= 4 is 35.0 Å². The molecule has 176 valence electrons. The molecule has 3 heterocycles. The van der Waals surface area contributed by atoms with E-state index in [0.717, 1.165) is 11.1 Å². The molecule has 6 nitrogen and oxygen atoms in total. The predicted molar refractivity (Wildman–Crippen MR) is 136 cm³/mol. The zero-order valence-corrected chi connectivity index (χ0v) is 20.6. The molecular formula is C27H21ClN2O4S. The largest absolute Gasteiger partial charge is 0.463 e. The molecule has 2 aromatic heterocycles. The molecule has 1 aliphatic rings. The molecule has 0 saturated carbocycles. The van der Waals surface area contributed by atoms with Gasteiger partial charge in [0.15, 0.2) is 4.80 Å². The van der Waals surface area contributed by atoms with Crippen LogP contribution in [0.4, 0.5) is 0 Å². The lowest BCUT2D eigenvalue weighted by atomic mass is 9.96. The number of nitrogens with zero attached hydrogens (tertiary/aromatic N) is 2. The van der Waals surface area contributed by atoms with Gasteiger partial charge in [0.05, 0.1) is 28.5 Å². The Bertz CT molecular complexity index is 1630. The number of fused-ring (bicyclic) bond motifs is 1. The molecule has 4 aromatic rings. The molecule has 5 rings (SSSR count). The van der Waals surface area contributed by atoms with Gasteiger partial charge < -0.3 is 9.15 Å². The van der Waals surface area contributed by atoms with Crippen LogP contribution in [0.5, 0.6) is 0 Å². The van der Waals surface area contributed by atoms with Gasteiger partial charge in [-0.2, -0.15) is 0 Å². The highest BCUT2D eigenvalue weighted by Gasteiger charge is 2.33. The molecule has 0 spiro atoms. The van der Waals surface area contributed by atoms with Crippen LogP contribution in [0, 0.1) is 0 Å². The summed E-state index contributed by atoms with van der Waals surface area (Å²) in [4.78, 5) is 31.6. The SMILES string of the molecule is CCOC(=O)C1=C(C)N=c2sc(=Cc3ccc(-c4cccc(Cl)c4)o3)c(=O)n2C1c1ccccc1. The smallest absolute Gasteiger partial charge is 0.338 e. The highest BCUT2D eigenvalue weighted by Crippen LogP contribution is 2.30. The summed E-state index contributed by atoms with van der Waals surface area (Å²) in [5, 5.41) is 0.613. The molecule has 0 bridgehead atoms. The fraction of sp³-hybridized carbons (Fsp3) is 0.148. The molecule has 0 amide bonds. The average molecular weight is 505 g/mol. The third kappa shape index (κ3) is 4.40. The minimum absolute atomic E-state index is 0.231. The molecule has 1 unspecified atom stereocenters. The number of hydrogen-bond acceptors (Lipinski definition) is 6. The first-order chi connectivity index (χ1) is 17.0. The van der Waals surface area contributed by atoms with Crippen LogP contribution in [0.2, 0.25) is 5.02 Å². The number of allylic oxidation sites excluding steroid dienone is 1. The van der Waals surface area contributed by atoms with Gasteiger partial charge in [-0.25, -0.2) is 9.79 Å². The summed E-state index contributed by atoms with van der Waals surface area (Å²) in [5.74, 6) is 0.700. The summed E-state index contributed by atoms with van der Waals surface area (Å²) in [5.41, 5.74) is 2.29. The Kier molecular flexibility index (Phi) is 6.28. The number of thiazole rings is 1. The van der Waals surface area contributed by atoms with E-state index in [1.165, 1.54) is 11.3 Å². The fourth-order valence-corrected chi connectivity index (χ4v) is 5.32. The molecule has 35 heavy (non-hydrogen) atoms. The molecule has 1 atom stereocenters. The van der Waals surface area contributed by atoms with Crippen molar-refractivity contribution in [3.63, 3.8) is 0 Å². The van der Waals surface area contributed by atoms with Crippen LogP contribution in [0.1, 0.15) is 31.2 Å². The van der Waals surface area contributed by atoms with Crippen LogP contribution >= 0.6 is 22.9 Å². The Morgan fingerprint density at radius 2 is 1.97 bits per heavy atom. The first-order valence-electron chi connectivity index (χ1n) is 11.1. The van der Waals surface area contributed by atoms with Crippen LogP contribution in [0.15, 0.2) is 92.2 Å². The Morgan fingerprint density at radius 3 is 2.71 bits per heavy atom. The molecule has 0 saturated heterocycles. The standard InChI is InChI=1S/C27H21ClN2O4S/c1-3-33-26(32)23-16(2)29-27-30(24(23)17-8-5-4-6-9-17)25(31)22(35-27)15-20-12-13-21(34-20)18-10-7-11-19(28)14-18/h4-15,24H,3H2,1-2H3. The van der Waals surface area contributed by atoms with Crippen molar-refractivity contribution in [2.24, 2.45) is 4.99 Å². The predicted octanol–water partition coefficient (Wildman–Crippen LogP) is 4.71. The van der Waals surface area contributed by atoms with Gasteiger partial charge in [0, 0.05) is 16.7 Å². The van der Waals surface area contributed by atoms with E-state index in [1.54, 1.807) is 36.6 Å². The minimum atomic E-state index is -0.632. The van der Waals surface area contributed by atoms with Crippen molar-refractivity contribution < 1.29 is 13.9 Å². The van der Waals surface area contributed by atoms with E-state index in [4.69, 9.17) is 20.8 Å². The summed E-state index contributed by atoms with van der Waals surface area (Å²) in [6.45, 7) is 3.75. The fourth-order valence-electron chi connectivity index (χ4n) is 4.10. The van der Waals surface area contributed by atoms with Crippen molar-refractivity contribution in [3.05, 3.63) is 114 Å². The van der Waals surface area contributed by atoms with E-state index in [9.17, 15) is 9.59 Å². The number of rotatable bonds is 5. The molecule has 0 aliphatic carbocycles. The number of furan rings is 1. The number of halogens is 1. The molecule has 0 radical (unpaired) electrons. The Balaban J connectivity index is 1.63. The molecule has 0 fully saturated rings. The Morgan fingerprint density at radius 1 is 1.17 bits per heavy atom. The van der Waals surface area contributed by atoms with Gasteiger partial charge in [-0.3, -0.25) is 9.36 Å². The zero-order valence-electron chi connectivity index (χ0n) is 19.0. The van der Waals surface area contributed by atoms with E-state index < -0.39 is 12.0 Å². The second-order valence-electron chi connectivity index (χ2n) is 7.93. The van der Waals surface area contributed by atoms with Gasteiger partial charge in [-0.15, -0.1) is 0 Å². The average Bonchev–Trinajstić information content (AvgIpc) is 3.43. The van der Waals surface area contributed by atoms with Gasteiger partial charge in [-0.1, -0.05) is 65.4 Å². The normalized spacial score (nSPS) is 15.6. The van der Waals surface area contributed by atoms with Gasteiger partial charge in [0.1, 0.15) is 11.5 Å². The maximum absolute atomic E-state index is 13.6. The van der Waals surface area contributed by atoms with Crippen LogP contribution in [0.25, 0.3) is 17.4 Å². The number of esters is 1. The highest BCUT2D eigenvalue weighted by atomic mass is 35.5. The third-order valence-electron chi connectivity index (χ3n) is 5.64. The van der Waals surface area contributed by atoms with Crippen LogP contribution in [-0.2, 0) is 9.53 Å². The number of benzene rings is 2. The van der Waals surface area contributed by atoms with Crippen LogP contribution in [-0.4, -0.2) is 17.1 Å². The number of carbonyl (C=O) groups excluding carboxylic acids is 1. The Labute approximate surface area is 210 Å². The summed E-state index contributed by atoms with van der Waals surface area (Å²) < 4.78 is 13.3. The number of hydrogen-bond donors (Lipinski definition) is 0. The number of aromatic nitrogens is 1. The maximum atomic E-state index is 13.6. The first-order valence-corrected chi connectivity index (χ1v) is 12.3. The lowest BCUT2D eigenvalue weighted by Crippen LogP contribution is -2.39. The topological polar surface area (TPSA) is 73.8 Å². The highest BCUT2D eigenvalue weighted by molar-refractivity contribution is 7.07. The molecule has 0 N–H and O–H groups in total. The second kappa shape index (κ2) is 9.52. The van der Waals surface area contributed by atoms with E-state index in [0.29, 0.717) is 37.1 Å². The second-order valence-corrected chi connectivity index (χ2v) is 9.37. The molecule has 2 aromatic carbocycles. The quantitative estimate of drug-likeness (QED) is 0.369. The Hall–Kier alpha value is -3.68. The van der Waals surface area contributed by atoms with Gasteiger partial charge >= 0.3 is 5.97 Å². The van der Waals surface area contributed by atoms with Gasteiger partial charge in [-0.05, 0) is 43.7 Å². The lowest BCUT2D eigenvalue weighted by molar-refractivity contribution is -0.139. The lowest BCUT2D eigenvalue weighted by Gasteiger charge is -2.24. The molecular weight excluding hydrogens is 484 g/mol. The van der Waals surface area contributed by atoms with Gasteiger partial charge in [0.25, 0.3) is 5.56 Å². The van der Waals surface area contributed by atoms with E-state index >= 15 is 0 Å². The first kappa shape index (κ1) is 23.1. The van der Waals surface area contributed by atoms with Crippen molar-refractivity contribution in [3.8, 4) is 11.3 Å².